The van der Waals surface area contributed by atoms with Crippen LogP contribution in [-0.4, -0.2) is 20.8 Å². The first-order chi connectivity index (χ1) is 19.8. The van der Waals surface area contributed by atoms with Gasteiger partial charge in [0.15, 0.2) is 5.69 Å². The number of aromatic nitrogens is 3. The first-order valence-corrected chi connectivity index (χ1v) is 12.8. The Morgan fingerprint density at radius 3 is 2.48 bits per heavy atom. The number of nitrogens with zero attached hydrogens (tertiary/aromatic N) is 3. The van der Waals surface area contributed by atoms with Crippen LogP contribution in [0.2, 0.25) is 0 Å². The van der Waals surface area contributed by atoms with E-state index < -0.39 is 70.4 Å². The van der Waals surface area contributed by atoms with E-state index in [-0.39, 0.29) is 34.3 Å². The predicted molar refractivity (Wildman–Crippen MR) is 133 cm³/mol. The van der Waals surface area contributed by atoms with E-state index in [1.807, 2.05) is 0 Å². The lowest BCUT2D eigenvalue weighted by Gasteiger charge is -2.23. The van der Waals surface area contributed by atoms with Gasteiger partial charge < -0.3 is 5.32 Å². The predicted octanol–water partition coefficient (Wildman–Crippen LogP) is 7.44. The van der Waals surface area contributed by atoms with Gasteiger partial charge in [0.1, 0.15) is 23.1 Å². The van der Waals surface area contributed by atoms with Crippen molar-refractivity contribution in [1.29, 1.82) is 0 Å². The maximum atomic E-state index is 15.1. The van der Waals surface area contributed by atoms with Crippen LogP contribution >= 0.6 is 0 Å². The number of nitrogens with one attached hydrogen (secondary N) is 1. The molecule has 0 aliphatic heterocycles. The van der Waals surface area contributed by atoms with Crippen LogP contribution < -0.4 is 5.32 Å². The molecule has 0 bridgehead atoms. The van der Waals surface area contributed by atoms with E-state index in [9.17, 15) is 31.1 Å². The normalized spacial score (nSPS) is 19.3. The topological polar surface area (TPSA) is 59.8 Å². The van der Waals surface area contributed by atoms with E-state index in [0.29, 0.717) is 17.2 Å². The molecule has 2 aromatic heterocycles. The van der Waals surface area contributed by atoms with Crippen LogP contribution in [0.25, 0.3) is 11.1 Å². The Bertz CT molecular complexity index is 1710. The van der Waals surface area contributed by atoms with Gasteiger partial charge in [-0.25, -0.2) is 18.0 Å². The van der Waals surface area contributed by atoms with E-state index in [1.54, 1.807) is 12.1 Å². The quantitative estimate of drug-likeness (QED) is 0.245. The maximum Gasteiger partial charge on any atom is 0.435 e. The lowest BCUT2D eigenvalue weighted by Crippen LogP contribution is -2.37. The summed E-state index contributed by atoms with van der Waals surface area (Å²) in [5.74, 6) is -8.50. The average Bonchev–Trinajstić information content (AvgIpc) is 3.54. The van der Waals surface area contributed by atoms with Gasteiger partial charge >= 0.3 is 12.2 Å². The molecule has 13 heteroatoms. The van der Waals surface area contributed by atoms with Gasteiger partial charge in [0, 0.05) is 29.3 Å². The first-order valence-electron chi connectivity index (χ1n) is 12.8. The highest BCUT2D eigenvalue weighted by atomic mass is 19.4. The standard InChI is InChI=1S/C29H20F8N4O/c1-13-7-15(4-5-21(13)32)18-3-2-6-38-24(18)22(10-14-8-16(30)11-17(31)9-14)39-27(42)41-26-23(25(40-41)29(35,36)37)19-12-20(19)28(26,33)34/h2-9,11,19-20,22H,10,12H2,1H3,(H,39,42). The molecule has 42 heavy (non-hydrogen) atoms. The van der Waals surface area contributed by atoms with Crippen LogP contribution in [0.15, 0.2) is 54.7 Å². The smallest absolute Gasteiger partial charge is 0.327 e. The largest absolute Gasteiger partial charge is 0.435 e. The molecule has 0 spiro atoms. The third-order valence-corrected chi connectivity index (χ3v) is 7.62. The van der Waals surface area contributed by atoms with E-state index in [2.05, 4.69) is 15.4 Å². The second-order valence-electron chi connectivity index (χ2n) is 10.5. The minimum atomic E-state index is -5.09. The number of carbonyl (C=O) groups is 1. The molecular formula is C29H20F8N4O. The SMILES string of the molecule is Cc1cc(-c2cccnc2C(Cc2cc(F)cc(F)c2)NC(=O)n2nc(C(F)(F)F)c3c2C(F)(F)C2CC32)ccc1F. The monoisotopic (exact) mass is 592 g/mol. The fraction of sp³-hybridized carbons (Fsp3) is 0.276. The Morgan fingerprint density at radius 2 is 1.81 bits per heavy atom. The second-order valence-corrected chi connectivity index (χ2v) is 10.5. The number of rotatable bonds is 5. The molecule has 2 aromatic carbocycles. The Kier molecular flexibility index (Phi) is 6.39. The molecule has 0 saturated heterocycles. The van der Waals surface area contributed by atoms with Crippen molar-refractivity contribution in [3.05, 3.63) is 106 Å². The Balaban J connectivity index is 1.45. The van der Waals surface area contributed by atoms with Gasteiger partial charge in [-0.2, -0.15) is 31.7 Å². The number of hydrogen-bond donors (Lipinski definition) is 1. The summed E-state index contributed by atoms with van der Waals surface area (Å²) in [7, 11) is 0. The third kappa shape index (κ3) is 4.70. The van der Waals surface area contributed by atoms with Crippen LogP contribution in [0.1, 0.15) is 52.2 Å². The van der Waals surface area contributed by atoms with Crippen molar-refractivity contribution < 1.29 is 39.9 Å². The first kappa shape index (κ1) is 27.9. The second kappa shape index (κ2) is 9.63. The fourth-order valence-electron chi connectivity index (χ4n) is 5.69. The molecular weight excluding hydrogens is 572 g/mol. The molecule has 1 saturated carbocycles. The van der Waals surface area contributed by atoms with Gasteiger partial charge in [-0.3, -0.25) is 4.98 Å². The summed E-state index contributed by atoms with van der Waals surface area (Å²) in [5.41, 5.74) is -2.15. The zero-order valence-corrected chi connectivity index (χ0v) is 21.6. The number of carbonyl (C=O) groups excluding carboxylic acids is 1. The minimum Gasteiger partial charge on any atom is -0.327 e. The van der Waals surface area contributed by atoms with Crippen molar-refractivity contribution in [3.8, 4) is 11.1 Å². The van der Waals surface area contributed by atoms with Crippen molar-refractivity contribution in [3.63, 3.8) is 0 Å². The summed E-state index contributed by atoms with van der Waals surface area (Å²) in [6, 6.07) is 7.17. The molecule has 2 aliphatic carbocycles. The molecule has 2 aliphatic rings. The van der Waals surface area contributed by atoms with Gasteiger partial charge in [-0.15, -0.1) is 0 Å². The molecule has 6 rings (SSSR count). The fourth-order valence-corrected chi connectivity index (χ4v) is 5.69. The zero-order chi connectivity index (χ0) is 30.1. The summed E-state index contributed by atoms with van der Waals surface area (Å²) in [4.78, 5) is 17.8. The van der Waals surface area contributed by atoms with Gasteiger partial charge in [-0.1, -0.05) is 12.1 Å². The molecule has 3 atom stereocenters. The van der Waals surface area contributed by atoms with Crippen molar-refractivity contribution >= 4 is 6.03 Å². The molecule has 0 radical (unpaired) electrons. The van der Waals surface area contributed by atoms with Crippen molar-refractivity contribution in [2.24, 2.45) is 5.92 Å². The van der Waals surface area contributed by atoms with Crippen molar-refractivity contribution in [2.45, 2.75) is 43.8 Å². The Hall–Kier alpha value is -4.29. The van der Waals surface area contributed by atoms with Gasteiger partial charge in [-0.05, 0) is 72.7 Å². The van der Waals surface area contributed by atoms with Crippen LogP contribution in [0.5, 0.6) is 0 Å². The molecule has 1 amide bonds. The molecule has 2 heterocycles. The van der Waals surface area contributed by atoms with Crippen LogP contribution in [0.3, 0.4) is 0 Å². The highest BCUT2D eigenvalue weighted by Crippen LogP contribution is 2.68. The van der Waals surface area contributed by atoms with Crippen molar-refractivity contribution in [2.75, 3.05) is 0 Å². The number of halogens is 8. The van der Waals surface area contributed by atoms with Gasteiger partial charge in [0.2, 0.25) is 0 Å². The van der Waals surface area contributed by atoms with E-state index in [4.69, 9.17) is 0 Å². The summed E-state index contributed by atoms with van der Waals surface area (Å²) in [5, 5.41) is 5.69. The lowest BCUT2D eigenvalue weighted by molar-refractivity contribution is -0.142. The number of aryl methyl sites for hydroxylation is 1. The number of hydrogen-bond acceptors (Lipinski definition) is 3. The van der Waals surface area contributed by atoms with E-state index >= 15 is 8.78 Å². The summed E-state index contributed by atoms with van der Waals surface area (Å²) < 4.78 is 114. The Labute approximate surface area is 233 Å². The number of amides is 1. The molecule has 4 aromatic rings. The Morgan fingerprint density at radius 1 is 1.10 bits per heavy atom. The van der Waals surface area contributed by atoms with E-state index in [1.165, 1.54) is 31.3 Å². The lowest BCUT2D eigenvalue weighted by atomic mass is 9.94. The van der Waals surface area contributed by atoms with Crippen molar-refractivity contribution in [1.82, 2.24) is 20.1 Å². The summed E-state index contributed by atoms with van der Waals surface area (Å²) in [6.45, 7) is 1.52. The zero-order valence-electron chi connectivity index (χ0n) is 21.6. The minimum absolute atomic E-state index is 0.0358. The van der Waals surface area contributed by atoms with Crippen LogP contribution in [-0.2, 0) is 18.5 Å². The van der Waals surface area contributed by atoms with Crippen LogP contribution in [0.4, 0.5) is 39.9 Å². The molecule has 1 fully saturated rings. The molecule has 218 valence electrons. The molecule has 3 unspecified atom stereocenters. The number of alkyl halides is 5. The summed E-state index contributed by atoms with van der Waals surface area (Å²) >= 11 is 0. The summed E-state index contributed by atoms with van der Waals surface area (Å²) in [6.07, 6.45) is -4.23. The molecule has 1 N–H and O–H groups in total. The van der Waals surface area contributed by atoms with Crippen LogP contribution in [0, 0.1) is 30.3 Å². The average molecular weight is 592 g/mol. The number of fused-ring (bicyclic) bond motifs is 3. The van der Waals surface area contributed by atoms with Gasteiger partial charge in [0.05, 0.1) is 11.7 Å². The van der Waals surface area contributed by atoms with Gasteiger partial charge in [0.25, 0.3) is 5.92 Å². The molecule has 5 nitrogen and oxygen atoms in total. The van der Waals surface area contributed by atoms with E-state index in [0.717, 1.165) is 12.1 Å². The number of pyridine rings is 1. The highest BCUT2D eigenvalue weighted by Gasteiger charge is 2.68. The third-order valence-electron chi connectivity index (χ3n) is 7.62. The highest BCUT2D eigenvalue weighted by molar-refractivity contribution is 5.79. The number of benzene rings is 2. The maximum absolute atomic E-state index is 15.1.